The Bertz CT molecular complexity index is 74.1. The highest BCUT2D eigenvalue weighted by Gasteiger charge is 2.03. The molecule has 0 spiro atoms. The maximum Gasteiger partial charge on any atom is 0.221 e. The van der Waals surface area contributed by atoms with Crippen LogP contribution >= 0.6 is 22.6 Å². The van der Waals surface area contributed by atoms with Crippen molar-refractivity contribution in [3.8, 4) is 0 Å². The minimum absolute atomic E-state index is 0.0283. The average Bonchev–Trinajstić information content (AvgIpc) is 1.65. The van der Waals surface area contributed by atoms with E-state index >= 15 is 0 Å². The molecule has 0 rings (SSSR count). The largest absolute Gasteiger partial charge is 0.369 e. The zero-order chi connectivity index (χ0) is 5.86. The molecule has 1 unspecified atom stereocenters. The fourth-order valence-corrected chi connectivity index (χ4v) is 0.510. The van der Waals surface area contributed by atoms with Gasteiger partial charge >= 0.3 is 0 Å². The molecule has 1 amide bonds. The normalized spacial score (nSPS) is 13.4. The molecule has 0 aliphatic heterocycles. The van der Waals surface area contributed by atoms with Crippen LogP contribution in [0.25, 0.3) is 0 Å². The van der Waals surface area contributed by atoms with Crippen molar-refractivity contribution in [1.29, 1.82) is 0 Å². The zero-order valence-electron chi connectivity index (χ0n) is 4.15. The number of hydrogen-bond donors (Lipinski definition) is 1. The van der Waals surface area contributed by atoms with Gasteiger partial charge in [-0.15, -0.1) is 0 Å². The Kier molecular flexibility index (Phi) is 3.33. The van der Waals surface area contributed by atoms with E-state index in [4.69, 9.17) is 5.73 Å². The number of hydrogen-bond acceptors (Lipinski definition) is 1. The van der Waals surface area contributed by atoms with Crippen molar-refractivity contribution in [2.45, 2.75) is 6.92 Å². The summed E-state index contributed by atoms with van der Waals surface area (Å²) in [5, 5.41) is 0. The van der Waals surface area contributed by atoms with Gasteiger partial charge in [-0.3, -0.25) is 4.79 Å². The second-order valence-electron chi connectivity index (χ2n) is 1.46. The maximum atomic E-state index is 10.1. The van der Waals surface area contributed by atoms with Gasteiger partial charge in [-0.2, -0.15) is 0 Å². The number of carbonyl (C=O) groups excluding carboxylic acids is 1. The van der Waals surface area contributed by atoms with E-state index in [1.54, 1.807) is 0 Å². The van der Waals surface area contributed by atoms with Crippen molar-refractivity contribution in [3.05, 3.63) is 0 Å². The van der Waals surface area contributed by atoms with Gasteiger partial charge in [0.15, 0.2) is 0 Å². The SMILES string of the molecule is CC(CI)C(N)=O. The Labute approximate surface area is 56.6 Å². The molecule has 0 heterocycles. The molecule has 2 nitrogen and oxygen atoms in total. The standard InChI is InChI=1S/C4H8INO/c1-3(2-5)4(6)7/h3H,2H2,1H3,(H2,6,7). The van der Waals surface area contributed by atoms with Crippen LogP contribution in [0.5, 0.6) is 0 Å². The zero-order valence-corrected chi connectivity index (χ0v) is 6.31. The second kappa shape index (κ2) is 3.23. The Morgan fingerprint density at radius 2 is 2.43 bits per heavy atom. The van der Waals surface area contributed by atoms with Crippen LogP contribution in [0.2, 0.25) is 0 Å². The second-order valence-corrected chi connectivity index (χ2v) is 2.34. The molecule has 2 N–H and O–H groups in total. The van der Waals surface area contributed by atoms with E-state index in [1.165, 1.54) is 0 Å². The van der Waals surface area contributed by atoms with Crippen LogP contribution in [0.3, 0.4) is 0 Å². The third kappa shape index (κ3) is 2.85. The average molecular weight is 213 g/mol. The summed E-state index contributed by atoms with van der Waals surface area (Å²) in [6, 6.07) is 0. The first-order chi connectivity index (χ1) is 3.18. The highest BCUT2D eigenvalue weighted by molar-refractivity contribution is 14.1. The molecule has 1 atom stereocenters. The van der Waals surface area contributed by atoms with Gasteiger partial charge in [0.25, 0.3) is 0 Å². The van der Waals surface area contributed by atoms with Gasteiger partial charge in [0.05, 0.1) is 0 Å². The van der Waals surface area contributed by atoms with Crippen molar-refractivity contribution in [2.75, 3.05) is 4.43 Å². The molecule has 0 saturated carbocycles. The number of nitrogens with two attached hydrogens (primary N) is 1. The van der Waals surface area contributed by atoms with Crippen LogP contribution in [-0.2, 0) is 4.79 Å². The first-order valence-corrected chi connectivity index (χ1v) is 3.56. The molecule has 0 aliphatic carbocycles. The fourth-order valence-electron chi connectivity index (χ4n) is 0.0760. The molecule has 0 aliphatic rings. The molecule has 0 aromatic rings. The highest BCUT2D eigenvalue weighted by atomic mass is 127. The Morgan fingerprint density at radius 1 is 2.00 bits per heavy atom. The predicted octanol–water partition coefficient (Wildman–Crippen LogP) is 0.543. The lowest BCUT2D eigenvalue weighted by atomic mass is 10.2. The lowest BCUT2D eigenvalue weighted by molar-refractivity contribution is -0.120. The van der Waals surface area contributed by atoms with Gasteiger partial charge in [-0.1, -0.05) is 29.5 Å². The number of carbonyl (C=O) groups is 1. The topological polar surface area (TPSA) is 43.1 Å². The van der Waals surface area contributed by atoms with Crippen molar-refractivity contribution in [2.24, 2.45) is 11.7 Å². The molecule has 3 heteroatoms. The van der Waals surface area contributed by atoms with Crippen molar-refractivity contribution in [1.82, 2.24) is 0 Å². The molecule has 0 fully saturated rings. The van der Waals surface area contributed by atoms with Crippen LogP contribution in [0.4, 0.5) is 0 Å². The van der Waals surface area contributed by atoms with Crippen LogP contribution < -0.4 is 5.73 Å². The first kappa shape index (κ1) is 7.20. The number of alkyl halides is 1. The van der Waals surface area contributed by atoms with E-state index in [0.29, 0.717) is 0 Å². The van der Waals surface area contributed by atoms with Gasteiger partial charge in [-0.25, -0.2) is 0 Å². The van der Waals surface area contributed by atoms with Crippen LogP contribution in [-0.4, -0.2) is 10.3 Å². The fraction of sp³-hybridized carbons (Fsp3) is 0.750. The summed E-state index contributed by atoms with van der Waals surface area (Å²) in [4.78, 5) is 10.1. The van der Waals surface area contributed by atoms with Crippen LogP contribution in [0.1, 0.15) is 6.92 Å². The Balaban J connectivity index is 3.34. The molecule has 0 saturated heterocycles. The minimum Gasteiger partial charge on any atom is -0.369 e. The maximum absolute atomic E-state index is 10.1. The molecule has 0 aromatic heterocycles. The molecular formula is C4H8INO. The van der Waals surface area contributed by atoms with E-state index in [0.717, 1.165) is 4.43 Å². The van der Waals surface area contributed by atoms with Crippen molar-refractivity contribution >= 4 is 28.5 Å². The van der Waals surface area contributed by atoms with E-state index < -0.39 is 0 Å². The van der Waals surface area contributed by atoms with E-state index in [-0.39, 0.29) is 11.8 Å². The molecule has 0 radical (unpaired) electrons. The Hall–Kier alpha value is 0.200. The van der Waals surface area contributed by atoms with Crippen molar-refractivity contribution in [3.63, 3.8) is 0 Å². The summed E-state index contributed by atoms with van der Waals surface area (Å²) in [5.41, 5.74) is 4.90. The number of amides is 1. The third-order valence-electron chi connectivity index (χ3n) is 0.717. The van der Waals surface area contributed by atoms with Crippen molar-refractivity contribution < 1.29 is 4.79 Å². The van der Waals surface area contributed by atoms with E-state index in [9.17, 15) is 4.79 Å². The van der Waals surface area contributed by atoms with Crippen LogP contribution in [0, 0.1) is 5.92 Å². The highest BCUT2D eigenvalue weighted by Crippen LogP contribution is 1.96. The molecular weight excluding hydrogens is 205 g/mol. The molecule has 42 valence electrons. The summed E-state index contributed by atoms with van der Waals surface area (Å²) < 4.78 is 0.813. The smallest absolute Gasteiger partial charge is 0.221 e. The number of primary amides is 1. The lowest BCUT2D eigenvalue weighted by Gasteiger charge is -1.96. The van der Waals surface area contributed by atoms with Crippen LogP contribution in [0.15, 0.2) is 0 Å². The van der Waals surface area contributed by atoms with Gasteiger partial charge in [0, 0.05) is 10.3 Å². The summed E-state index contributed by atoms with van der Waals surface area (Å²) in [6.07, 6.45) is 0. The summed E-state index contributed by atoms with van der Waals surface area (Å²) in [6.45, 7) is 1.81. The quantitative estimate of drug-likeness (QED) is 0.528. The monoisotopic (exact) mass is 213 g/mol. The minimum atomic E-state index is -0.214. The third-order valence-corrected chi connectivity index (χ3v) is 2.04. The molecule has 0 bridgehead atoms. The molecule has 0 aromatic carbocycles. The predicted molar refractivity (Wildman–Crippen MR) is 37.2 cm³/mol. The summed E-state index contributed by atoms with van der Waals surface area (Å²) in [5.74, 6) is -0.185. The summed E-state index contributed by atoms with van der Waals surface area (Å²) >= 11 is 2.13. The van der Waals surface area contributed by atoms with Gasteiger partial charge in [0.2, 0.25) is 5.91 Å². The lowest BCUT2D eigenvalue weighted by Crippen LogP contribution is -2.21. The number of halogens is 1. The van der Waals surface area contributed by atoms with Gasteiger partial charge in [-0.05, 0) is 0 Å². The molecule has 7 heavy (non-hydrogen) atoms. The first-order valence-electron chi connectivity index (χ1n) is 2.03. The van der Waals surface area contributed by atoms with E-state index in [2.05, 4.69) is 22.6 Å². The van der Waals surface area contributed by atoms with Gasteiger partial charge in [0.1, 0.15) is 0 Å². The number of rotatable bonds is 2. The van der Waals surface area contributed by atoms with E-state index in [1.807, 2.05) is 6.92 Å². The Morgan fingerprint density at radius 3 is 2.43 bits per heavy atom. The summed E-state index contributed by atoms with van der Waals surface area (Å²) in [7, 11) is 0. The van der Waals surface area contributed by atoms with Gasteiger partial charge < -0.3 is 5.73 Å².